The predicted molar refractivity (Wildman–Crippen MR) is 115 cm³/mol. The molecule has 0 aliphatic rings. The summed E-state index contributed by atoms with van der Waals surface area (Å²) < 4.78 is 32.8. The third-order valence-electron chi connectivity index (χ3n) is 4.68. The highest BCUT2D eigenvalue weighted by molar-refractivity contribution is 7.89. The van der Waals surface area contributed by atoms with Gasteiger partial charge in [0.2, 0.25) is 10.0 Å². The third-order valence-corrected chi connectivity index (χ3v) is 6.16. The van der Waals surface area contributed by atoms with Crippen LogP contribution in [0.1, 0.15) is 37.5 Å². The molecule has 0 radical (unpaired) electrons. The lowest BCUT2D eigenvalue weighted by Gasteiger charge is -2.19. The zero-order valence-electron chi connectivity index (χ0n) is 17.7. The molecule has 2 N–H and O–H groups in total. The van der Waals surface area contributed by atoms with E-state index in [-0.39, 0.29) is 35.9 Å². The molecule has 0 fully saturated rings. The second-order valence-corrected chi connectivity index (χ2v) is 9.78. The minimum atomic E-state index is -3.62. The number of benzene rings is 2. The van der Waals surface area contributed by atoms with Crippen molar-refractivity contribution in [2.24, 2.45) is 0 Å². The monoisotopic (exact) mass is 418 g/mol. The van der Waals surface area contributed by atoms with Crippen LogP contribution in [0.2, 0.25) is 0 Å². The summed E-state index contributed by atoms with van der Waals surface area (Å²) in [5.41, 5.74) is 3.10. The molecule has 0 atom stereocenters. The van der Waals surface area contributed by atoms with Crippen LogP contribution in [0.3, 0.4) is 0 Å². The van der Waals surface area contributed by atoms with Crippen molar-refractivity contribution in [3.8, 4) is 5.75 Å². The van der Waals surface area contributed by atoms with Crippen LogP contribution >= 0.6 is 0 Å². The number of nitrogens with one attached hydrogen (secondary N) is 2. The Morgan fingerprint density at radius 3 is 2.28 bits per heavy atom. The average molecular weight is 419 g/mol. The zero-order chi connectivity index (χ0) is 21.7. The molecule has 0 aliphatic carbocycles. The van der Waals surface area contributed by atoms with Gasteiger partial charge < -0.3 is 10.1 Å². The molecule has 0 aliphatic heterocycles. The second-order valence-electron chi connectivity index (χ2n) is 8.01. The van der Waals surface area contributed by atoms with Crippen molar-refractivity contribution >= 4 is 15.9 Å². The number of carbonyl (C=O) groups is 1. The Bertz CT molecular complexity index is 946. The van der Waals surface area contributed by atoms with Gasteiger partial charge in [0.15, 0.2) is 6.61 Å². The third kappa shape index (κ3) is 6.58. The minimum absolute atomic E-state index is 0.0426. The number of hydrogen-bond acceptors (Lipinski definition) is 4. The molecule has 158 valence electrons. The summed E-state index contributed by atoms with van der Waals surface area (Å²) in [5, 5.41) is 2.65. The molecule has 2 rings (SSSR count). The molecule has 0 saturated heterocycles. The highest BCUT2D eigenvalue weighted by Crippen LogP contribution is 2.23. The number of carbonyl (C=O) groups excluding carboxylic acids is 1. The lowest BCUT2D eigenvalue weighted by atomic mass is 9.87. The first-order valence-electron chi connectivity index (χ1n) is 9.56. The van der Waals surface area contributed by atoms with E-state index in [2.05, 4.69) is 30.8 Å². The number of sulfonamides is 1. The largest absolute Gasteiger partial charge is 0.483 e. The van der Waals surface area contributed by atoms with E-state index in [1.807, 2.05) is 44.2 Å². The van der Waals surface area contributed by atoms with Gasteiger partial charge in [0.1, 0.15) is 5.75 Å². The van der Waals surface area contributed by atoms with Gasteiger partial charge in [-0.25, -0.2) is 13.1 Å². The van der Waals surface area contributed by atoms with E-state index >= 15 is 0 Å². The summed E-state index contributed by atoms with van der Waals surface area (Å²) in [6, 6.07) is 12.5. The first-order valence-corrected chi connectivity index (χ1v) is 11.0. The molecule has 2 aromatic rings. The topological polar surface area (TPSA) is 84.5 Å². The Hall–Kier alpha value is -2.38. The molecule has 1 amide bonds. The number of amides is 1. The smallest absolute Gasteiger partial charge is 0.257 e. The van der Waals surface area contributed by atoms with E-state index in [0.717, 1.165) is 16.7 Å². The highest BCUT2D eigenvalue weighted by atomic mass is 32.2. The Labute approximate surface area is 173 Å². The Morgan fingerprint density at radius 1 is 1.00 bits per heavy atom. The summed E-state index contributed by atoms with van der Waals surface area (Å²) in [4.78, 5) is 12.1. The van der Waals surface area contributed by atoms with Gasteiger partial charge in [-0.3, -0.25) is 4.79 Å². The fourth-order valence-corrected chi connectivity index (χ4v) is 3.71. The fraction of sp³-hybridized carbons (Fsp3) is 0.409. The Kier molecular flexibility index (Phi) is 7.43. The Morgan fingerprint density at radius 2 is 1.66 bits per heavy atom. The fourth-order valence-electron chi connectivity index (χ4n) is 2.68. The van der Waals surface area contributed by atoms with E-state index in [0.29, 0.717) is 5.75 Å². The standard InChI is InChI=1S/C22H30N2O4S/c1-16-7-6-8-20(17(16)2)28-15-21(25)23-13-14-24-29(26,27)19-11-9-18(10-12-19)22(3,4)5/h6-12,24H,13-15H2,1-5H3,(H,23,25). The summed E-state index contributed by atoms with van der Waals surface area (Å²) in [6.07, 6.45) is 0. The maximum absolute atomic E-state index is 12.4. The Balaban J connectivity index is 1.78. The molecule has 2 aromatic carbocycles. The molecule has 0 unspecified atom stereocenters. The van der Waals surface area contributed by atoms with Crippen molar-refractivity contribution < 1.29 is 17.9 Å². The van der Waals surface area contributed by atoms with E-state index in [1.54, 1.807) is 12.1 Å². The number of aryl methyl sites for hydroxylation is 1. The zero-order valence-corrected chi connectivity index (χ0v) is 18.5. The van der Waals surface area contributed by atoms with E-state index < -0.39 is 10.0 Å². The number of rotatable bonds is 8. The van der Waals surface area contributed by atoms with Crippen LogP contribution in [-0.4, -0.2) is 34.0 Å². The molecule has 0 bridgehead atoms. The second kappa shape index (κ2) is 9.41. The van der Waals surface area contributed by atoms with Gasteiger partial charge >= 0.3 is 0 Å². The van der Waals surface area contributed by atoms with Gasteiger partial charge in [-0.15, -0.1) is 0 Å². The first kappa shape index (κ1) is 22.9. The van der Waals surface area contributed by atoms with Gasteiger partial charge in [-0.1, -0.05) is 45.0 Å². The lowest BCUT2D eigenvalue weighted by Crippen LogP contribution is -2.36. The number of hydrogen-bond donors (Lipinski definition) is 2. The van der Waals surface area contributed by atoms with Crippen molar-refractivity contribution in [2.75, 3.05) is 19.7 Å². The highest BCUT2D eigenvalue weighted by Gasteiger charge is 2.17. The van der Waals surface area contributed by atoms with Crippen molar-refractivity contribution in [2.45, 2.75) is 44.9 Å². The van der Waals surface area contributed by atoms with Crippen molar-refractivity contribution in [1.82, 2.24) is 10.0 Å². The van der Waals surface area contributed by atoms with Crippen LogP contribution in [0.4, 0.5) is 0 Å². The van der Waals surface area contributed by atoms with E-state index in [4.69, 9.17) is 4.74 Å². The van der Waals surface area contributed by atoms with E-state index in [9.17, 15) is 13.2 Å². The maximum atomic E-state index is 12.4. The maximum Gasteiger partial charge on any atom is 0.257 e. The normalized spacial score (nSPS) is 11.9. The summed E-state index contributed by atoms with van der Waals surface area (Å²) >= 11 is 0. The van der Waals surface area contributed by atoms with Gasteiger partial charge in [0.25, 0.3) is 5.91 Å². The van der Waals surface area contributed by atoms with Crippen LogP contribution in [0.25, 0.3) is 0 Å². The molecule has 0 aromatic heterocycles. The molecular formula is C22H30N2O4S. The molecule has 6 nitrogen and oxygen atoms in total. The van der Waals surface area contributed by atoms with Gasteiger partial charge in [0, 0.05) is 13.1 Å². The van der Waals surface area contributed by atoms with Gasteiger partial charge in [-0.2, -0.15) is 0 Å². The number of ether oxygens (including phenoxy) is 1. The summed E-state index contributed by atoms with van der Waals surface area (Å²) in [6.45, 7) is 10.3. The van der Waals surface area contributed by atoms with Crippen molar-refractivity contribution in [1.29, 1.82) is 0 Å². The van der Waals surface area contributed by atoms with Crippen molar-refractivity contribution in [3.63, 3.8) is 0 Å². The van der Waals surface area contributed by atoms with Crippen molar-refractivity contribution in [3.05, 3.63) is 59.2 Å². The summed E-state index contributed by atoms with van der Waals surface area (Å²) in [7, 11) is -3.62. The minimum Gasteiger partial charge on any atom is -0.483 e. The predicted octanol–water partition coefficient (Wildman–Crippen LogP) is 3.07. The van der Waals surface area contributed by atoms with Gasteiger partial charge in [-0.05, 0) is 54.2 Å². The van der Waals surface area contributed by atoms with Crippen LogP contribution in [-0.2, 0) is 20.2 Å². The summed E-state index contributed by atoms with van der Waals surface area (Å²) in [5.74, 6) is 0.360. The average Bonchev–Trinajstić information content (AvgIpc) is 2.66. The van der Waals surface area contributed by atoms with Crippen LogP contribution in [0.5, 0.6) is 5.75 Å². The van der Waals surface area contributed by atoms with Gasteiger partial charge in [0.05, 0.1) is 4.90 Å². The SMILES string of the molecule is Cc1cccc(OCC(=O)NCCNS(=O)(=O)c2ccc(C(C)(C)C)cc2)c1C. The van der Waals surface area contributed by atoms with Crippen LogP contribution in [0, 0.1) is 13.8 Å². The molecule has 0 spiro atoms. The molecular weight excluding hydrogens is 388 g/mol. The first-order chi connectivity index (χ1) is 13.5. The molecule has 7 heteroatoms. The quantitative estimate of drug-likeness (QED) is 0.645. The molecule has 0 heterocycles. The van der Waals surface area contributed by atoms with Crippen LogP contribution in [0.15, 0.2) is 47.4 Å². The lowest BCUT2D eigenvalue weighted by molar-refractivity contribution is -0.123. The van der Waals surface area contributed by atoms with E-state index in [1.165, 1.54) is 0 Å². The molecule has 0 saturated carbocycles. The van der Waals surface area contributed by atoms with Crippen LogP contribution < -0.4 is 14.8 Å². The molecule has 29 heavy (non-hydrogen) atoms.